The fourth-order valence-electron chi connectivity index (χ4n) is 2.96. The zero-order chi connectivity index (χ0) is 18.8. The first-order valence-corrected chi connectivity index (χ1v) is 9.54. The Morgan fingerprint density at radius 1 is 0.962 bits per heavy atom. The normalized spacial score (nSPS) is 16.7. The lowest BCUT2D eigenvalue weighted by Gasteiger charge is -2.36. The number of piperazine rings is 1. The van der Waals surface area contributed by atoms with Gasteiger partial charge in [-0.25, -0.2) is 8.42 Å². The highest BCUT2D eigenvalue weighted by molar-refractivity contribution is 7.92. The molecule has 140 valence electrons. The summed E-state index contributed by atoms with van der Waals surface area (Å²) in [4.78, 5) is 7.15. The maximum absolute atomic E-state index is 13.0. The number of halogens is 3. The highest BCUT2D eigenvalue weighted by atomic mass is 32.2. The molecule has 0 spiro atoms. The largest absolute Gasteiger partial charge is 0.501 e. The van der Waals surface area contributed by atoms with Gasteiger partial charge in [0.2, 0.25) is 0 Å². The van der Waals surface area contributed by atoms with Gasteiger partial charge in [0.15, 0.2) is 0 Å². The van der Waals surface area contributed by atoms with E-state index in [0.717, 1.165) is 18.2 Å². The molecule has 0 saturated carbocycles. The fraction of sp³-hybridized carbons (Fsp3) is 0.353. The van der Waals surface area contributed by atoms with Gasteiger partial charge in [0.1, 0.15) is 0 Å². The molecule has 2 aromatic rings. The summed E-state index contributed by atoms with van der Waals surface area (Å²) in [5, 5.41) is 0. The summed E-state index contributed by atoms with van der Waals surface area (Å²) >= 11 is 0. The average molecular weight is 385 g/mol. The minimum Gasteiger partial charge on any atom is -0.368 e. The molecular formula is C17H18F3N3O2S. The highest BCUT2D eigenvalue weighted by Gasteiger charge is 2.48. The van der Waals surface area contributed by atoms with Crippen molar-refractivity contribution in [2.24, 2.45) is 0 Å². The molecule has 1 aliphatic rings. The van der Waals surface area contributed by atoms with Crippen molar-refractivity contribution >= 4 is 15.5 Å². The van der Waals surface area contributed by atoms with Gasteiger partial charge in [0, 0.05) is 45.1 Å². The minimum atomic E-state index is -5.38. The van der Waals surface area contributed by atoms with E-state index in [1.54, 1.807) is 23.4 Å². The van der Waals surface area contributed by atoms with E-state index < -0.39 is 20.2 Å². The second kappa shape index (κ2) is 7.24. The highest BCUT2D eigenvalue weighted by Crippen LogP contribution is 2.36. The van der Waals surface area contributed by atoms with E-state index in [2.05, 4.69) is 9.88 Å². The van der Waals surface area contributed by atoms with Crippen LogP contribution in [0.5, 0.6) is 0 Å². The number of rotatable bonds is 4. The zero-order valence-electron chi connectivity index (χ0n) is 13.9. The van der Waals surface area contributed by atoms with Crippen LogP contribution in [0.3, 0.4) is 0 Å². The van der Waals surface area contributed by atoms with Gasteiger partial charge in [-0.2, -0.15) is 13.2 Å². The van der Waals surface area contributed by atoms with Crippen LogP contribution in [0, 0.1) is 0 Å². The summed E-state index contributed by atoms with van der Waals surface area (Å²) in [6.45, 7) is 2.88. The van der Waals surface area contributed by atoms with Gasteiger partial charge in [-0.05, 0) is 29.8 Å². The van der Waals surface area contributed by atoms with E-state index in [1.807, 2.05) is 12.1 Å². The SMILES string of the molecule is O=S(=O)(c1ccccc1N1CCN(Cc2ccncc2)CC1)C(F)(F)F. The molecule has 0 amide bonds. The predicted octanol–water partition coefficient (Wildman–Crippen LogP) is 2.70. The number of para-hydroxylation sites is 1. The number of nitrogens with zero attached hydrogens (tertiary/aromatic N) is 3. The molecule has 3 rings (SSSR count). The fourth-order valence-corrected chi connectivity index (χ4v) is 3.94. The van der Waals surface area contributed by atoms with Crippen LogP contribution in [-0.4, -0.2) is 50.0 Å². The quantitative estimate of drug-likeness (QED) is 0.810. The molecule has 0 N–H and O–H groups in total. The molecule has 0 aliphatic carbocycles. The third kappa shape index (κ3) is 3.83. The molecule has 0 unspecified atom stereocenters. The Kier molecular flexibility index (Phi) is 5.19. The van der Waals surface area contributed by atoms with Gasteiger partial charge in [0.25, 0.3) is 9.84 Å². The smallest absolute Gasteiger partial charge is 0.368 e. The van der Waals surface area contributed by atoms with E-state index in [1.165, 1.54) is 12.1 Å². The molecule has 1 aromatic heterocycles. The van der Waals surface area contributed by atoms with Crippen LogP contribution >= 0.6 is 0 Å². The Balaban J connectivity index is 1.74. The molecule has 0 radical (unpaired) electrons. The van der Waals surface area contributed by atoms with Crippen molar-refractivity contribution in [3.8, 4) is 0 Å². The molecule has 0 atom stereocenters. The Labute approximate surface area is 150 Å². The van der Waals surface area contributed by atoms with Gasteiger partial charge in [-0.3, -0.25) is 9.88 Å². The lowest BCUT2D eigenvalue weighted by atomic mass is 10.2. The average Bonchev–Trinajstić information content (AvgIpc) is 2.62. The number of pyridine rings is 1. The van der Waals surface area contributed by atoms with E-state index in [4.69, 9.17) is 0 Å². The van der Waals surface area contributed by atoms with E-state index in [9.17, 15) is 21.6 Å². The first-order valence-electron chi connectivity index (χ1n) is 8.05. The standard InChI is InChI=1S/C17H18F3N3O2S/c18-17(19,20)26(24,25)16-4-2-1-3-15(16)23-11-9-22(10-12-23)13-14-5-7-21-8-6-14/h1-8H,9-13H2. The monoisotopic (exact) mass is 385 g/mol. The number of hydrogen-bond donors (Lipinski definition) is 0. The number of alkyl halides is 3. The number of aromatic nitrogens is 1. The minimum absolute atomic E-state index is 0.105. The maximum Gasteiger partial charge on any atom is 0.501 e. The Hall–Kier alpha value is -2.13. The Morgan fingerprint density at radius 3 is 2.19 bits per heavy atom. The van der Waals surface area contributed by atoms with E-state index in [-0.39, 0.29) is 5.69 Å². The van der Waals surface area contributed by atoms with Crippen molar-refractivity contribution in [3.05, 3.63) is 54.4 Å². The first-order chi connectivity index (χ1) is 12.3. The lowest BCUT2D eigenvalue weighted by Crippen LogP contribution is -2.46. The van der Waals surface area contributed by atoms with Gasteiger partial charge in [0.05, 0.1) is 10.6 Å². The summed E-state index contributed by atoms with van der Waals surface area (Å²) in [6, 6.07) is 9.13. The molecule has 26 heavy (non-hydrogen) atoms. The number of hydrogen-bond acceptors (Lipinski definition) is 5. The van der Waals surface area contributed by atoms with Crippen LogP contribution in [-0.2, 0) is 16.4 Å². The van der Waals surface area contributed by atoms with Crippen LogP contribution in [0.2, 0.25) is 0 Å². The van der Waals surface area contributed by atoms with Crippen molar-refractivity contribution in [1.82, 2.24) is 9.88 Å². The number of sulfone groups is 1. The lowest BCUT2D eigenvalue weighted by molar-refractivity contribution is -0.0435. The molecule has 1 saturated heterocycles. The molecule has 1 aromatic carbocycles. The summed E-state index contributed by atoms with van der Waals surface area (Å²) in [7, 11) is -5.38. The van der Waals surface area contributed by atoms with E-state index >= 15 is 0 Å². The van der Waals surface area contributed by atoms with Crippen LogP contribution in [0.1, 0.15) is 5.56 Å². The van der Waals surface area contributed by atoms with Gasteiger partial charge >= 0.3 is 5.51 Å². The van der Waals surface area contributed by atoms with Gasteiger partial charge in [-0.15, -0.1) is 0 Å². The molecule has 1 fully saturated rings. The molecule has 9 heteroatoms. The first kappa shape index (κ1) is 18.7. The summed E-state index contributed by atoms with van der Waals surface area (Å²) < 4.78 is 62.6. The third-order valence-corrected chi connectivity index (χ3v) is 5.86. The molecule has 2 heterocycles. The molecule has 1 aliphatic heterocycles. The van der Waals surface area contributed by atoms with Crippen LogP contribution in [0.25, 0.3) is 0 Å². The van der Waals surface area contributed by atoms with Crippen molar-refractivity contribution in [3.63, 3.8) is 0 Å². The molecule has 5 nitrogen and oxygen atoms in total. The summed E-state index contributed by atoms with van der Waals surface area (Å²) in [5.74, 6) is 0. The second-order valence-corrected chi connectivity index (χ2v) is 7.95. The van der Waals surface area contributed by atoms with Gasteiger partial charge < -0.3 is 4.90 Å². The Bertz CT molecular complexity index is 849. The van der Waals surface area contributed by atoms with Crippen LogP contribution < -0.4 is 4.90 Å². The van der Waals surface area contributed by atoms with Crippen molar-refractivity contribution < 1.29 is 21.6 Å². The maximum atomic E-state index is 13.0. The summed E-state index contributed by atoms with van der Waals surface area (Å²) in [6.07, 6.45) is 3.42. The van der Waals surface area contributed by atoms with Crippen molar-refractivity contribution in [2.75, 3.05) is 31.1 Å². The molecule has 0 bridgehead atoms. The zero-order valence-corrected chi connectivity index (χ0v) is 14.7. The Morgan fingerprint density at radius 2 is 1.58 bits per heavy atom. The number of anilines is 1. The predicted molar refractivity (Wildman–Crippen MR) is 91.4 cm³/mol. The van der Waals surface area contributed by atoms with Gasteiger partial charge in [-0.1, -0.05) is 12.1 Å². The van der Waals surface area contributed by atoms with Crippen LogP contribution in [0.15, 0.2) is 53.7 Å². The third-order valence-electron chi connectivity index (χ3n) is 4.33. The van der Waals surface area contributed by atoms with E-state index in [0.29, 0.717) is 26.2 Å². The molecular weight excluding hydrogens is 367 g/mol. The topological polar surface area (TPSA) is 53.5 Å². The van der Waals surface area contributed by atoms with Crippen molar-refractivity contribution in [1.29, 1.82) is 0 Å². The summed E-state index contributed by atoms with van der Waals surface area (Å²) in [5.41, 5.74) is -4.10. The van der Waals surface area contributed by atoms with Crippen LogP contribution in [0.4, 0.5) is 18.9 Å². The van der Waals surface area contributed by atoms with Crippen molar-refractivity contribution in [2.45, 2.75) is 16.9 Å². The number of benzene rings is 1. The second-order valence-electron chi connectivity index (χ2n) is 6.04.